The molecule has 0 aliphatic heterocycles. The number of nitrogens with two attached hydrogens (primary N) is 1. The van der Waals surface area contributed by atoms with Crippen molar-refractivity contribution in [3.8, 4) is 0 Å². The molecule has 2 rings (SSSR count). The van der Waals surface area contributed by atoms with Crippen molar-refractivity contribution >= 4 is 27.3 Å². The van der Waals surface area contributed by atoms with Crippen LogP contribution < -0.4 is 11.1 Å². The molecular formula is C15H20N2OS. The topological polar surface area (TPSA) is 55.1 Å². The molecule has 19 heavy (non-hydrogen) atoms. The third kappa shape index (κ3) is 3.14. The molecule has 0 saturated carbocycles. The van der Waals surface area contributed by atoms with Crippen LogP contribution in [0.5, 0.6) is 0 Å². The Morgan fingerprint density at radius 2 is 2.11 bits per heavy atom. The largest absolute Gasteiger partial charge is 0.369 e. The zero-order valence-corrected chi connectivity index (χ0v) is 12.4. The molecule has 1 aromatic carbocycles. The van der Waals surface area contributed by atoms with Crippen molar-refractivity contribution < 1.29 is 4.79 Å². The summed E-state index contributed by atoms with van der Waals surface area (Å²) in [7, 11) is 0. The molecule has 0 bridgehead atoms. The van der Waals surface area contributed by atoms with E-state index in [1.807, 2.05) is 19.9 Å². The number of rotatable bonds is 5. The molecule has 2 aromatic rings. The third-order valence-corrected chi connectivity index (χ3v) is 4.69. The highest BCUT2D eigenvalue weighted by Gasteiger charge is 2.25. The highest BCUT2D eigenvalue weighted by molar-refractivity contribution is 7.19. The van der Waals surface area contributed by atoms with Gasteiger partial charge in [-0.2, -0.15) is 0 Å². The fraction of sp³-hybridized carbons (Fsp3) is 0.400. The average molecular weight is 276 g/mol. The van der Waals surface area contributed by atoms with E-state index in [4.69, 9.17) is 5.73 Å². The summed E-state index contributed by atoms with van der Waals surface area (Å²) in [6.07, 6.45) is 0. The lowest BCUT2D eigenvalue weighted by Gasteiger charge is -2.23. The van der Waals surface area contributed by atoms with Crippen LogP contribution in [-0.4, -0.2) is 12.5 Å². The Kier molecular flexibility index (Phi) is 3.92. The summed E-state index contributed by atoms with van der Waals surface area (Å²) in [6.45, 7) is 6.42. The Morgan fingerprint density at radius 1 is 1.42 bits per heavy atom. The summed E-state index contributed by atoms with van der Waals surface area (Å²) in [5.74, 6) is -0.274. The maximum absolute atomic E-state index is 11.3. The van der Waals surface area contributed by atoms with Crippen LogP contribution in [0, 0.1) is 5.41 Å². The second kappa shape index (κ2) is 5.31. The molecule has 0 aliphatic rings. The molecule has 4 heteroatoms. The van der Waals surface area contributed by atoms with Crippen LogP contribution in [0.2, 0.25) is 0 Å². The number of amides is 1. The average Bonchev–Trinajstić information content (AvgIpc) is 2.79. The lowest BCUT2D eigenvalue weighted by Crippen LogP contribution is -2.41. The van der Waals surface area contributed by atoms with Crippen LogP contribution in [0.1, 0.15) is 31.7 Å². The number of carbonyl (C=O) groups is 1. The maximum Gasteiger partial charge on any atom is 0.224 e. The first-order valence-corrected chi connectivity index (χ1v) is 7.23. The van der Waals surface area contributed by atoms with E-state index in [-0.39, 0.29) is 11.9 Å². The summed E-state index contributed by atoms with van der Waals surface area (Å²) in [5, 5.41) is 4.66. The number of thiophene rings is 1. The van der Waals surface area contributed by atoms with Crippen LogP contribution in [0.25, 0.3) is 10.1 Å². The van der Waals surface area contributed by atoms with Gasteiger partial charge in [0.1, 0.15) is 0 Å². The van der Waals surface area contributed by atoms with Crippen molar-refractivity contribution in [1.29, 1.82) is 0 Å². The molecule has 1 amide bonds. The second-order valence-electron chi connectivity index (χ2n) is 5.54. The van der Waals surface area contributed by atoms with Gasteiger partial charge in [-0.05, 0) is 38.3 Å². The van der Waals surface area contributed by atoms with Gasteiger partial charge >= 0.3 is 0 Å². The van der Waals surface area contributed by atoms with Gasteiger partial charge < -0.3 is 11.1 Å². The summed E-state index contributed by atoms with van der Waals surface area (Å²) in [5.41, 5.74) is 4.86. The quantitative estimate of drug-likeness (QED) is 0.882. The standard InChI is InChI=1S/C15H20N2OS/c1-10(17-9-15(2,3)14(16)18)13-8-11-6-4-5-7-12(11)19-13/h4-8,10,17H,9H2,1-3H3,(H2,16,18). The van der Waals surface area contributed by atoms with Crippen LogP contribution >= 0.6 is 11.3 Å². The summed E-state index contributed by atoms with van der Waals surface area (Å²) in [4.78, 5) is 12.6. The summed E-state index contributed by atoms with van der Waals surface area (Å²) < 4.78 is 1.29. The Labute approximate surface area is 117 Å². The van der Waals surface area contributed by atoms with Gasteiger partial charge in [-0.3, -0.25) is 4.79 Å². The van der Waals surface area contributed by atoms with Crippen molar-refractivity contribution in [2.24, 2.45) is 11.1 Å². The van der Waals surface area contributed by atoms with Crippen molar-refractivity contribution in [2.75, 3.05) is 6.54 Å². The number of fused-ring (bicyclic) bond motifs is 1. The van der Waals surface area contributed by atoms with Gasteiger partial charge in [-0.1, -0.05) is 18.2 Å². The molecule has 0 aliphatic carbocycles. The first-order valence-electron chi connectivity index (χ1n) is 6.42. The van der Waals surface area contributed by atoms with Crippen molar-refractivity contribution in [3.05, 3.63) is 35.2 Å². The lowest BCUT2D eigenvalue weighted by molar-refractivity contribution is -0.125. The molecule has 0 radical (unpaired) electrons. The first-order chi connectivity index (χ1) is 8.90. The third-order valence-electron chi connectivity index (χ3n) is 3.39. The minimum atomic E-state index is -0.523. The molecule has 0 saturated heterocycles. The van der Waals surface area contributed by atoms with E-state index in [0.29, 0.717) is 6.54 Å². The van der Waals surface area contributed by atoms with Gasteiger partial charge in [0.25, 0.3) is 0 Å². The van der Waals surface area contributed by atoms with E-state index in [1.165, 1.54) is 15.0 Å². The van der Waals surface area contributed by atoms with Crippen molar-refractivity contribution in [3.63, 3.8) is 0 Å². The minimum Gasteiger partial charge on any atom is -0.369 e. The summed E-state index contributed by atoms with van der Waals surface area (Å²) >= 11 is 1.79. The summed E-state index contributed by atoms with van der Waals surface area (Å²) in [6, 6.07) is 10.8. The fourth-order valence-corrected chi connectivity index (χ4v) is 2.90. The predicted octanol–water partition coefficient (Wildman–Crippen LogP) is 3.06. The van der Waals surface area contributed by atoms with Gasteiger partial charge in [-0.15, -0.1) is 11.3 Å². The second-order valence-corrected chi connectivity index (χ2v) is 6.65. The molecule has 1 unspecified atom stereocenters. The van der Waals surface area contributed by atoms with Crippen LogP contribution in [0.4, 0.5) is 0 Å². The van der Waals surface area contributed by atoms with E-state index < -0.39 is 5.41 Å². The smallest absolute Gasteiger partial charge is 0.224 e. The Balaban J connectivity index is 2.08. The highest BCUT2D eigenvalue weighted by Crippen LogP contribution is 2.30. The maximum atomic E-state index is 11.3. The molecule has 3 nitrogen and oxygen atoms in total. The zero-order valence-electron chi connectivity index (χ0n) is 11.6. The normalized spacial score (nSPS) is 13.6. The Hall–Kier alpha value is -1.39. The van der Waals surface area contributed by atoms with Gasteiger partial charge in [0.05, 0.1) is 5.41 Å². The Bertz CT molecular complexity index is 556. The van der Waals surface area contributed by atoms with E-state index in [0.717, 1.165) is 0 Å². The van der Waals surface area contributed by atoms with Crippen LogP contribution in [0.3, 0.4) is 0 Å². The van der Waals surface area contributed by atoms with E-state index in [9.17, 15) is 4.79 Å². The fourth-order valence-electron chi connectivity index (χ4n) is 1.81. The number of primary amides is 1. The molecule has 0 fully saturated rings. The number of nitrogens with one attached hydrogen (secondary N) is 1. The van der Waals surface area contributed by atoms with Gasteiger partial charge in [0, 0.05) is 22.2 Å². The van der Waals surface area contributed by atoms with Gasteiger partial charge in [-0.25, -0.2) is 0 Å². The minimum absolute atomic E-state index is 0.219. The molecule has 1 heterocycles. The highest BCUT2D eigenvalue weighted by atomic mass is 32.1. The number of benzene rings is 1. The zero-order chi connectivity index (χ0) is 14.0. The SMILES string of the molecule is CC(NCC(C)(C)C(N)=O)c1cc2ccccc2s1. The van der Waals surface area contributed by atoms with E-state index in [1.54, 1.807) is 11.3 Å². The van der Waals surface area contributed by atoms with Crippen LogP contribution in [-0.2, 0) is 4.79 Å². The van der Waals surface area contributed by atoms with E-state index >= 15 is 0 Å². The molecule has 0 spiro atoms. The molecule has 1 aromatic heterocycles. The van der Waals surface area contributed by atoms with Crippen LogP contribution in [0.15, 0.2) is 30.3 Å². The van der Waals surface area contributed by atoms with Crippen molar-refractivity contribution in [2.45, 2.75) is 26.8 Å². The lowest BCUT2D eigenvalue weighted by atomic mass is 9.92. The van der Waals surface area contributed by atoms with Gasteiger partial charge in [0.2, 0.25) is 5.91 Å². The number of hydrogen-bond acceptors (Lipinski definition) is 3. The van der Waals surface area contributed by atoms with Gasteiger partial charge in [0.15, 0.2) is 0 Å². The predicted molar refractivity (Wildman–Crippen MR) is 81.2 cm³/mol. The number of carbonyl (C=O) groups excluding carboxylic acids is 1. The first kappa shape index (κ1) is 14.0. The molecular weight excluding hydrogens is 256 g/mol. The Morgan fingerprint density at radius 3 is 2.74 bits per heavy atom. The van der Waals surface area contributed by atoms with Crippen molar-refractivity contribution in [1.82, 2.24) is 5.32 Å². The molecule has 3 N–H and O–H groups in total. The monoisotopic (exact) mass is 276 g/mol. The number of hydrogen-bond donors (Lipinski definition) is 2. The van der Waals surface area contributed by atoms with E-state index in [2.05, 4.69) is 36.5 Å². The molecule has 1 atom stereocenters. The molecule has 102 valence electrons.